The Kier molecular flexibility index (Phi) is 10.2. The van der Waals surface area contributed by atoms with E-state index in [4.69, 9.17) is 5.11 Å². The molecule has 16 heavy (non-hydrogen) atoms. The van der Waals surface area contributed by atoms with Crippen LogP contribution in [-0.4, -0.2) is 34.7 Å². The Labute approximate surface area is 122 Å². The van der Waals surface area contributed by atoms with E-state index in [9.17, 15) is 0 Å². The summed E-state index contributed by atoms with van der Waals surface area (Å²) in [7, 11) is 0. The Morgan fingerprint density at radius 1 is 0.875 bits per heavy atom. The van der Waals surface area contributed by atoms with Gasteiger partial charge in [0, 0.05) is 0 Å². The van der Waals surface area contributed by atoms with Crippen LogP contribution in [-0.2, 0) is 6.42 Å². The molecule has 0 radical (unpaired) electrons. The molecule has 1 nitrogen and oxygen atoms in total. The standard InChI is InChI=1S/C14H22O.Na.H/c1-2-3-4-5-6-7-8-13-9-11-14(15)12-10-13;;/h9-12,15H,2-8H2,1H3;;. The van der Waals surface area contributed by atoms with E-state index in [1.165, 1.54) is 44.1 Å². The third kappa shape index (κ3) is 7.32. The molecule has 2 heteroatoms. The minimum absolute atomic E-state index is 0. The number of benzene rings is 1. The Bertz CT molecular complexity index is 256. The van der Waals surface area contributed by atoms with E-state index >= 15 is 0 Å². The molecule has 1 aromatic rings. The van der Waals surface area contributed by atoms with E-state index < -0.39 is 0 Å². The van der Waals surface area contributed by atoms with Gasteiger partial charge in [-0.15, -0.1) is 0 Å². The van der Waals surface area contributed by atoms with Gasteiger partial charge >= 0.3 is 29.6 Å². The van der Waals surface area contributed by atoms with Crippen molar-refractivity contribution < 1.29 is 5.11 Å². The first kappa shape index (κ1) is 16.0. The van der Waals surface area contributed by atoms with Gasteiger partial charge in [0.2, 0.25) is 0 Å². The molecule has 0 saturated heterocycles. The summed E-state index contributed by atoms with van der Waals surface area (Å²) < 4.78 is 0. The number of phenols is 1. The van der Waals surface area contributed by atoms with Gasteiger partial charge in [-0.2, -0.15) is 0 Å². The summed E-state index contributed by atoms with van der Waals surface area (Å²) in [6.45, 7) is 2.25. The molecule has 0 atom stereocenters. The molecule has 0 aliphatic carbocycles. The van der Waals surface area contributed by atoms with Crippen molar-refractivity contribution in [2.24, 2.45) is 0 Å². The zero-order chi connectivity index (χ0) is 10.9. The molecule has 0 amide bonds. The van der Waals surface area contributed by atoms with E-state index in [1.807, 2.05) is 12.1 Å². The molecule has 0 fully saturated rings. The normalized spacial score (nSPS) is 9.81. The van der Waals surface area contributed by atoms with Crippen molar-refractivity contribution in [3.8, 4) is 5.75 Å². The van der Waals surface area contributed by atoms with Crippen molar-refractivity contribution in [1.82, 2.24) is 0 Å². The SMILES string of the molecule is CCCCCCCCc1ccc(O)cc1.[NaH]. The Balaban J connectivity index is 0.00000225. The fraction of sp³-hybridized carbons (Fsp3) is 0.571. The second-order valence-electron chi connectivity index (χ2n) is 4.18. The van der Waals surface area contributed by atoms with Gasteiger partial charge < -0.3 is 5.11 Å². The van der Waals surface area contributed by atoms with Crippen molar-refractivity contribution >= 4 is 29.6 Å². The van der Waals surface area contributed by atoms with Crippen molar-refractivity contribution in [3.63, 3.8) is 0 Å². The number of aryl methyl sites for hydroxylation is 1. The van der Waals surface area contributed by atoms with Crippen LogP contribution in [0.1, 0.15) is 51.0 Å². The zero-order valence-corrected chi connectivity index (χ0v) is 9.71. The number of unbranched alkanes of at least 4 members (excludes halogenated alkanes) is 5. The number of rotatable bonds is 7. The molecule has 1 aromatic carbocycles. The van der Waals surface area contributed by atoms with Crippen molar-refractivity contribution in [1.29, 1.82) is 0 Å². The van der Waals surface area contributed by atoms with E-state index in [2.05, 4.69) is 6.92 Å². The van der Waals surface area contributed by atoms with Gasteiger partial charge in [0.25, 0.3) is 0 Å². The van der Waals surface area contributed by atoms with Crippen LogP contribution in [0.2, 0.25) is 0 Å². The van der Waals surface area contributed by atoms with Crippen LogP contribution in [0.3, 0.4) is 0 Å². The molecule has 0 heterocycles. The molecule has 0 spiro atoms. The van der Waals surface area contributed by atoms with Gasteiger partial charge in [-0.25, -0.2) is 0 Å². The van der Waals surface area contributed by atoms with Gasteiger partial charge in [-0.1, -0.05) is 51.2 Å². The van der Waals surface area contributed by atoms with E-state index in [0.29, 0.717) is 5.75 Å². The quantitative estimate of drug-likeness (QED) is 0.560. The number of hydrogen-bond donors (Lipinski definition) is 1. The molecule has 1 N–H and O–H groups in total. The maximum atomic E-state index is 9.13. The van der Waals surface area contributed by atoms with E-state index in [0.717, 1.165) is 6.42 Å². The molecule has 0 unspecified atom stereocenters. The summed E-state index contributed by atoms with van der Waals surface area (Å²) in [6.07, 6.45) is 9.19. The van der Waals surface area contributed by atoms with Gasteiger partial charge in [0.15, 0.2) is 0 Å². The Hall–Kier alpha value is 0.0200. The Morgan fingerprint density at radius 2 is 1.44 bits per heavy atom. The molecule has 0 bridgehead atoms. The van der Waals surface area contributed by atoms with Crippen LogP contribution in [0.25, 0.3) is 0 Å². The Morgan fingerprint density at radius 3 is 2.06 bits per heavy atom. The van der Waals surface area contributed by atoms with Gasteiger partial charge in [0.1, 0.15) is 5.75 Å². The molecular weight excluding hydrogens is 207 g/mol. The zero-order valence-electron chi connectivity index (χ0n) is 9.71. The topological polar surface area (TPSA) is 20.2 Å². The average molecular weight is 230 g/mol. The first-order valence-corrected chi connectivity index (χ1v) is 6.11. The van der Waals surface area contributed by atoms with Gasteiger partial charge in [0.05, 0.1) is 0 Å². The van der Waals surface area contributed by atoms with Crippen LogP contribution < -0.4 is 0 Å². The van der Waals surface area contributed by atoms with Crippen LogP contribution in [0.5, 0.6) is 5.75 Å². The monoisotopic (exact) mass is 230 g/mol. The molecule has 1 rings (SSSR count). The summed E-state index contributed by atoms with van der Waals surface area (Å²) in [5.74, 6) is 0.363. The van der Waals surface area contributed by atoms with Crippen LogP contribution in [0.15, 0.2) is 24.3 Å². The molecule has 0 aliphatic rings. The molecule has 86 valence electrons. The summed E-state index contributed by atoms with van der Waals surface area (Å²) >= 11 is 0. The molecule has 0 aliphatic heterocycles. The summed E-state index contributed by atoms with van der Waals surface area (Å²) in [5, 5.41) is 9.13. The van der Waals surface area contributed by atoms with Gasteiger partial charge in [-0.3, -0.25) is 0 Å². The molecule has 0 saturated carbocycles. The number of aromatic hydroxyl groups is 1. The summed E-state index contributed by atoms with van der Waals surface area (Å²) in [6, 6.07) is 7.57. The first-order chi connectivity index (χ1) is 7.33. The van der Waals surface area contributed by atoms with E-state index in [-0.39, 0.29) is 29.6 Å². The average Bonchev–Trinajstić information content (AvgIpc) is 2.26. The summed E-state index contributed by atoms with van der Waals surface area (Å²) in [4.78, 5) is 0. The predicted molar refractivity (Wildman–Crippen MR) is 72.3 cm³/mol. The summed E-state index contributed by atoms with van der Waals surface area (Å²) in [5.41, 5.74) is 1.34. The predicted octanol–water partition coefficient (Wildman–Crippen LogP) is 3.65. The number of hydrogen-bond acceptors (Lipinski definition) is 1. The van der Waals surface area contributed by atoms with Crippen LogP contribution >= 0.6 is 0 Å². The maximum absolute atomic E-state index is 9.13. The molecule has 0 aromatic heterocycles. The van der Waals surface area contributed by atoms with Crippen molar-refractivity contribution in [2.75, 3.05) is 0 Å². The van der Waals surface area contributed by atoms with Crippen molar-refractivity contribution in [2.45, 2.75) is 51.9 Å². The molecular formula is C14H23NaO. The second kappa shape index (κ2) is 10.2. The van der Waals surface area contributed by atoms with E-state index in [1.54, 1.807) is 12.1 Å². The fourth-order valence-electron chi connectivity index (χ4n) is 1.77. The first-order valence-electron chi connectivity index (χ1n) is 6.11. The van der Waals surface area contributed by atoms with Gasteiger partial charge in [-0.05, 0) is 30.5 Å². The second-order valence-corrected chi connectivity index (χ2v) is 4.18. The minimum atomic E-state index is 0. The van der Waals surface area contributed by atoms with Crippen molar-refractivity contribution in [3.05, 3.63) is 29.8 Å². The van der Waals surface area contributed by atoms with Crippen LogP contribution in [0.4, 0.5) is 0 Å². The number of phenolic OH excluding ortho intramolecular Hbond substituents is 1. The third-order valence-corrected chi connectivity index (χ3v) is 2.76. The van der Waals surface area contributed by atoms with Crippen LogP contribution in [0, 0.1) is 0 Å². The fourth-order valence-corrected chi connectivity index (χ4v) is 1.77. The third-order valence-electron chi connectivity index (χ3n) is 2.76.